The predicted octanol–water partition coefficient (Wildman–Crippen LogP) is 5.95. The summed E-state index contributed by atoms with van der Waals surface area (Å²) >= 11 is 0. The lowest BCUT2D eigenvalue weighted by Gasteiger charge is -2.29. The van der Waals surface area contributed by atoms with Gasteiger partial charge in [-0.1, -0.05) is 91.0 Å². The van der Waals surface area contributed by atoms with Crippen LogP contribution in [0.25, 0.3) is 0 Å². The quantitative estimate of drug-likeness (QED) is 0.231. The smallest absolute Gasteiger partial charge is 0.644 e. The number of alkyl halides is 9. The minimum atomic E-state index is -8.47. The van der Waals surface area contributed by atoms with Crippen molar-refractivity contribution in [1.82, 2.24) is 0 Å². The standard InChI is InChI=1S/C18H15P.C4F12P.2ClH/c1-4-10-16(11-5-1)19(17-12-6-2-7-13-17)18-14-8-3-9-15-18;5-1(6,3(9,10)11)2(7,8)4(12,13)17(14,15)16;;/h1-15H;;2*1H/q;+1;;/p-1. The fourth-order valence-corrected chi connectivity index (χ4v) is 5.47. The van der Waals surface area contributed by atoms with Crippen molar-refractivity contribution >= 4 is 44.4 Å². The second-order valence-corrected chi connectivity index (χ2v) is 10.6. The molecule has 16 heteroatoms. The molecule has 0 aliphatic heterocycles. The number of rotatable bonds is 6. The topological polar surface area (TPSA) is 0 Å². The Hall–Kier alpha value is -1.74. The van der Waals surface area contributed by atoms with E-state index in [4.69, 9.17) is 0 Å². The second kappa shape index (κ2) is 13.6. The Morgan fingerprint density at radius 1 is 0.474 bits per heavy atom. The highest BCUT2D eigenvalue weighted by atomic mass is 35.5. The van der Waals surface area contributed by atoms with Crippen molar-refractivity contribution in [1.29, 1.82) is 0 Å². The van der Waals surface area contributed by atoms with Crippen molar-refractivity contribution in [2.24, 2.45) is 0 Å². The minimum Gasteiger partial charge on any atom is -1.00 e. The van der Waals surface area contributed by atoms with Gasteiger partial charge in [0.05, 0.1) is 0 Å². The Morgan fingerprint density at radius 3 is 0.947 bits per heavy atom. The lowest BCUT2D eigenvalue weighted by Crippen LogP contribution is -3.00. The fourth-order valence-electron chi connectivity index (χ4n) is 2.70. The molecule has 0 aliphatic carbocycles. The number of hydrogen-bond acceptors (Lipinski definition) is 0. The molecular formula is C22H16Cl2F12P2. The molecule has 0 bridgehead atoms. The fraction of sp³-hybridized carbons (Fsp3) is 0.182. The van der Waals surface area contributed by atoms with Crippen molar-refractivity contribution in [2.75, 3.05) is 0 Å². The molecule has 0 aliphatic rings. The zero-order valence-electron chi connectivity index (χ0n) is 18.4. The molecule has 3 rings (SSSR count). The van der Waals surface area contributed by atoms with Gasteiger partial charge in [-0.2, -0.15) is 39.5 Å². The first kappa shape index (κ1) is 36.3. The zero-order chi connectivity index (χ0) is 27.4. The van der Waals surface area contributed by atoms with E-state index < -0.39 is 39.8 Å². The predicted molar refractivity (Wildman–Crippen MR) is 124 cm³/mol. The van der Waals surface area contributed by atoms with Gasteiger partial charge in [0.25, 0.3) is 0 Å². The van der Waals surface area contributed by atoms with Gasteiger partial charge in [-0.05, 0) is 23.8 Å². The maximum absolute atomic E-state index is 12.1. The van der Waals surface area contributed by atoms with E-state index in [-0.39, 0.29) is 24.8 Å². The maximum Gasteiger partial charge on any atom is 0.644 e. The molecular weight excluding hydrogens is 625 g/mol. The average Bonchev–Trinajstić information content (AvgIpc) is 2.80. The Kier molecular flexibility index (Phi) is 12.9. The van der Waals surface area contributed by atoms with Crippen molar-refractivity contribution in [3.8, 4) is 0 Å². The summed E-state index contributed by atoms with van der Waals surface area (Å²) in [5.41, 5.74) is -7.42. The molecule has 0 saturated carbocycles. The van der Waals surface area contributed by atoms with E-state index in [2.05, 4.69) is 91.0 Å². The van der Waals surface area contributed by atoms with Crippen LogP contribution in [0, 0.1) is 0 Å². The number of benzene rings is 3. The second-order valence-electron chi connectivity index (χ2n) is 6.98. The minimum absolute atomic E-state index is 0. The summed E-state index contributed by atoms with van der Waals surface area (Å²) in [6.07, 6.45) is -7.24. The molecule has 0 amide bonds. The van der Waals surface area contributed by atoms with Crippen LogP contribution in [-0.2, 0) is 0 Å². The van der Waals surface area contributed by atoms with Crippen LogP contribution in [0.1, 0.15) is 0 Å². The van der Waals surface area contributed by atoms with Crippen LogP contribution in [0.3, 0.4) is 0 Å². The molecule has 0 aromatic heterocycles. The Morgan fingerprint density at radius 2 is 0.737 bits per heavy atom. The first-order valence-corrected chi connectivity index (χ1v) is 12.4. The third kappa shape index (κ3) is 7.68. The summed E-state index contributed by atoms with van der Waals surface area (Å²) in [4.78, 5) is 0. The highest BCUT2D eigenvalue weighted by Crippen LogP contribution is 2.80. The Labute approximate surface area is 223 Å². The molecule has 3 aromatic carbocycles. The van der Waals surface area contributed by atoms with Gasteiger partial charge in [0.2, 0.25) is 0 Å². The molecule has 0 N–H and O–H groups in total. The molecule has 212 valence electrons. The van der Waals surface area contributed by atoms with E-state index in [1.54, 1.807) is 0 Å². The van der Waals surface area contributed by atoms with Crippen molar-refractivity contribution in [3.63, 3.8) is 0 Å². The highest BCUT2D eigenvalue weighted by Gasteiger charge is 2.94. The SMILES string of the molecule is Cl.FC(F)(F)C(F)(F)C(F)(F)C(F)(F)[P+](F)(F)F.[Cl-].c1ccc(P(c2ccccc2)c2ccccc2)cc1. The summed E-state index contributed by atoms with van der Waals surface area (Å²) in [5.74, 6) is -15.1. The van der Waals surface area contributed by atoms with E-state index in [9.17, 15) is 52.1 Å². The third-order valence-corrected chi connectivity index (χ3v) is 7.85. The highest BCUT2D eigenvalue weighted by molar-refractivity contribution is 7.79. The third-order valence-electron chi connectivity index (χ3n) is 4.49. The number of halogens is 14. The maximum atomic E-state index is 12.1. The van der Waals surface area contributed by atoms with Gasteiger partial charge in [-0.3, -0.25) is 0 Å². The summed E-state index contributed by atoms with van der Waals surface area (Å²) in [5, 5.41) is 4.19. The van der Waals surface area contributed by atoms with E-state index >= 15 is 0 Å². The molecule has 0 saturated heterocycles. The Bertz CT molecular complexity index is 972. The van der Waals surface area contributed by atoms with Gasteiger partial charge in [0, 0.05) is 12.6 Å². The van der Waals surface area contributed by atoms with E-state index in [1.165, 1.54) is 15.9 Å². The van der Waals surface area contributed by atoms with Gasteiger partial charge < -0.3 is 12.4 Å². The molecule has 0 atom stereocenters. The van der Waals surface area contributed by atoms with Crippen molar-refractivity contribution in [2.45, 2.75) is 23.7 Å². The van der Waals surface area contributed by atoms with E-state index in [1.807, 2.05) is 0 Å². The van der Waals surface area contributed by atoms with Crippen LogP contribution in [-0.4, -0.2) is 23.7 Å². The van der Waals surface area contributed by atoms with Crippen LogP contribution in [0.15, 0.2) is 91.0 Å². The molecule has 0 fully saturated rings. The van der Waals surface area contributed by atoms with Crippen molar-refractivity contribution in [3.05, 3.63) is 91.0 Å². The molecule has 0 heterocycles. The molecule has 38 heavy (non-hydrogen) atoms. The molecule has 3 aromatic rings. The van der Waals surface area contributed by atoms with E-state index in [0.717, 1.165) is 0 Å². The molecule has 0 spiro atoms. The van der Waals surface area contributed by atoms with Gasteiger partial charge >= 0.3 is 31.9 Å². The van der Waals surface area contributed by atoms with Crippen LogP contribution in [0.4, 0.5) is 52.1 Å². The van der Waals surface area contributed by atoms with Crippen LogP contribution >= 0.6 is 28.5 Å². The monoisotopic (exact) mass is 640 g/mol. The first-order chi connectivity index (χ1) is 16.4. The summed E-state index contributed by atoms with van der Waals surface area (Å²) in [7, 11) is -8.92. The largest absolute Gasteiger partial charge is 1.00 e. The number of hydrogen-bond donors (Lipinski definition) is 0. The lowest BCUT2D eigenvalue weighted by molar-refractivity contribution is -0.383. The van der Waals surface area contributed by atoms with Crippen LogP contribution in [0.5, 0.6) is 0 Å². The molecule has 0 radical (unpaired) electrons. The summed E-state index contributed by atoms with van der Waals surface area (Å²) in [6.45, 7) is 0. The van der Waals surface area contributed by atoms with Gasteiger partial charge in [-0.15, -0.1) is 12.4 Å². The van der Waals surface area contributed by atoms with E-state index in [0.29, 0.717) is 0 Å². The van der Waals surface area contributed by atoms with Crippen LogP contribution in [0.2, 0.25) is 0 Å². The molecule has 0 unspecified atom stereocenters. The average molecular weight is 641 g/mol. The first-order valence-electron chi connectivity index (χ1n) is 9.58. The van der Waals surface area contributed by atoms with Gasteiger partial charge in [-0.25, -0.2) is 0 Å². The van der Waals surface area contributed by atoms with Crippen molar-refractivity contribution < 1.29 is 64.5 Å². The summed E-state index contributed by atoms with van der Waals surface area (Å²) < 4.78 is 140. The lowest BCUT2D eigenvalue weighted by atomic mass is 10.1. The van der Waals surface area contributed by atoms with Crippen LogP contribution < -0.4 is 28.3 Å². The van der Waals surface area contributed by atoms with Gasteiger partial charge in [0.15, 0.2) is 0 Å². The van der Waals surface area contributed by atoms with Gasteiger partial charge in [0.1, 0.15) is 0 Å². The molecule has 0 nitrogen and oxygen atoms in total. The normalized spacial score (nSPS) is 12.6. The Balaban J connectivity index is 0.000000691. The summed E-state index contributed by atoms with van der Waals surface area (Å²) in [6, 6.07) is 32.3. The zero-order valence-corrected chi connectivity index (χ0v) is 21.7.